The minimum atomic E-state index is 0.697. The molecule has 19 heavy (non-hydrogen) atoms. The van der Waals surface area contributed by atoms with Crippen LogP contribution in [0.1, 0.15) is 17.3 Å². The maximum atomic E-state index is 5.69. The number of aryl methyl sites for hydroxylation is 1. The van der Waals surface area contributed by atoms with Gasteiger partial charge in [-0.05, 0) is 18.2 Å². The number of nitrogens with one attached hydrogen (secondary N) is 1. The van der Waals surface area contributed by atoms with Crippen molar-refractivity contribution >= 4 is 27.3 Å². The van der Waals surface area contributed by atoms with Gasteiger partial charge in [-0.2, -0.15) is 0 Å². The van der Waals surface area contributed by atoms with Gasteiger partial charge in [0.2, 0.25) is 0 Å². The fourth-order valence-electron chi connectivity index (χ4n) is 2.16. The van der Waals surface area contributed by atoms with E-state index in [1.165, 1.54) is 0 Å². The summed E-state index contributed by atoms with van der Waals surface area (Å²) in [4.78, 5) is 6.50. The highest BCUT2D eigenvalue weighted by Gasteiger charge is 2.21. The number of hydrogen-bond acceptors (Lipinski definition) is 4. The van der Waals surface area contributed by atoms with Crippen molar-refractivity contribution in [3.8, 4) is 0 Å². The summed E-state index contributed by atoms with van der Waals surface area (Å²) in [6, 6.07) is 8.03. The highest BCUT2D eigenvalue weighted by Crippen LogP contribution is 2.28. The van der Waals surface area contributed by atoms with Crippen molar-refractivity contribution in [2.75, 3.05) is 12.4 Å². The number of nitrogens with zero attached hydrogens (tertiary/aromatic N) is 2. The summed E-state index contributed by atoms with van der Waals surface area (Å²) in [7, 11) is 2.02. The summed E-state index contributed by atoms with van der Waals surface area (Å²) < 4.78 is 6.73. The lowest BCUT2D eigenvalue weighted by atomic mass is 10.2. The summed E-state index contributed by atoms with van der Waals surface area (Å²) in [5.41, 5.74) is 2.92. The normalized spacial score (nSPS) is 14.1. The Hall–Kier alpha value is -1.75. The Bertz CT molecular complexity index is 648. The molecule has 4 nitrogen and oxygen atoms in total. The molecule has 0 bridgehead atoms. The molecule has 2 aromatic rings. The maximum Gasteiger partial charge on any atom is 0.192 e. The molecular weight excluding hydrogens is 306 g/mol. The summed E-state index contributed by atoms with van der Waals surface area (Å²) in [6.45, 7) is 2.64. The first-order chi connectivity index (χ1) is 9.11. The number of halogens is 1. The molecule has 98 valence electrons. The number of aromatic nitrogens is 1. The van der Waals surface area contributed by atoms with Gasteiger partial charge in [-0.15, -0.1) is 0 Å². The predicted molar refractivity (Wildman–Crippen MR) is 78.4 cm³/mol. The summed E-state index contributed by atoms with van der Waals surface area (Å²) in [6.07, 6.45) is 2.04. The molecule has 0 saturated heterocycles. The molecule has 0 radical (unpaired) electrons. The molecule has 0 atom stereocenters. The molecular formula is C14H14BrN3O. The van der Waals surface area contributed by atoms with Crippen LogP contribution in [0.2, 0.25) is 0 Å². The Morgan fingerprint density at radius 3 is 3.05 bits per heavy atom. The number of hydrogen-bond donors (Lipinski definition) is 1. The van der Waals surface area contributed by atoms with Crippen LogP contribution in [0.5, 0.6) is 0 Å². The third-order valence-electron chi connectivity index (χ3n) is 2.90. The second-order valence-electron chi connectivity index (χ2n) is 4.60. The quantitative estimate of drug-likeness (QED) is 0.918. The first kappa shape index (κ1) is 12.3. The highest BCUT2D eigenvalue weighted by molar-refractivity contribution is 9.10. The SMILES string of the molecule is Cc1nc2c(o1)C(Nc1cccc(Br)c1)=CN(C)C2. The number of benzene rings is 1. The summed E-state index contributed by atoms with van der Waals surface area (Å²) in [5, 5.41) is 3.38. The third kappa shape index (κ3) is 2.51. The van der Waals surface area contributed by atoms with Gasteiger partial charge < -0.3 is 14.6 Å². The van der Waals surface area contributed by atoms with Crippen molar-refractivity contribution in [1.29, 1.82) is 0 Å². The predicted octanol–water partition coefficient (Wildman–Crippen LogP) is 3.60. The Morgan fingerprint density at radius 1 is 1.42 bits per heavy atom. The Labute approximate surface area is 120 Å². The van der Waals surface area contributed by atoms with Gasteiger partial charge in [-0.1, -0.05) is 22.0 Å². The largest absolute Gasteiger partial charge is 0.439 e. The second kappa shape index (κ2) is 4.74. The second-order valence-corrected chi connectivity index (χ2v) is 5.52. The molecule has 1 aliphatic rings. The first-order valence-electron chi connectivity index (χ1n) is 6.03. The van der Waals surface area contributed by atoms with Crippen molar-refractivity contribution < 1.29 is 4.42 Å². The average molecular weight is 320 g/mol. The van der Waals surface area contributed by atoms with E-state index in [9.17, 15) is 0 Å². The lowest BCUT2D eigenvalue weighted by Gasteiger charge is -2.21. The van der Waals surface area contributed by atoms with E-state index in [1.807, 2.05) is 44.4 Å². The van der Waals surface area contributed by atoms with Crippen LogP contribution in [-0.4, -0.2) is 16.9 Å². The lowest BCUT2D eigenvalue weighted by molar-refractivity contribution is 0.428. The highest BCUT2D eigenvalue weighted by atomic mass is 79.9. The minimum absolute atomic E-state index is 0.697. The smallest absolute Gasteiger partial charge is 0.192 e. The van der Waals surface area contributed by atoms with Gasteiger partial charge in [0.1, 0.15) is 11.4 Å². The van der Waals surface area contributed by atoms with Crippen LogP contribution in [0.15, 0.2) is 39.4 Å². The maximum absolute atomic E-state index is 5.69. The number of oxazole rings is 1. The number of fused-ring (bicyclic) bond motifs is 1. The molecule has 3 rings (SSSR count). The number of anilines is 1. The molecule has 0 fully saturated rings. The summed E-state index contributed by atoms with van der Waals surface area (Å²) >= 11 is 3.47. The zero-order valence-electron chi connectivity index (χ0n) is 10.8. The lowest BCUT2D eigenvalue weighted by Crippen LogP contribution is -2.19. The van der Waals surface area contributed by atoms with E-state index < -0.39 is 0 Å². The van der Waals surface area contributed by atoms with Gasteiger partial charge in [0, 0.05) is 30.3 Å². The first-order valence-corrected chi connectivity index (χ1v) is 6.82. The van der Waals surface area contributed by atoms with Crippen molar-refractivity contribution in [2.45, 2.75) is 13.5 Å². The zero-order valence-corrected chi connectivity index (χ0v) is 12.4. The molecule has 1 aliphatic heterocycles. The van der Waals surface area contributed by atoms with E-state index in [4.69, 9.17) is 4.42 Å². The molecule has 0 amide bonds. The van der Waals surface area contributed by atoms with Crippen molar-refractivity contribution in [1.82, 2.24) is 9.88 Å². The topological polar surface area (TPSA) is 41.3 Å². The van der Waals surface area contributed by atoms with Gasteiger partial charge >= 0.3 is 0 Å². The van der Waals surface area contributed by atoms with Gasteiger partial charge in [0.15, 0.2) is 11.7 Å². The monoisotopic (exact) mass is 319 g/mol. The summed E-state index contributed by atoms with van der Waals surface area (Å²) in [5.74, 6) is 1.53. The van der Waals surface area contributed by atoms with E-state index >= 15 is 0 Å². The standard InChI is InChI=1S/C14H14BrN3O/c1-9-16-12-7-18(2)8-13(14(12)19-9)17-11-5-3-4-10(15)6-11/h3-6,8,17H,7H2,1-2H3. The van der Waals surface area contributed by atoms with Crippen LogP contribution >= 0.6 is 15.9 Å². The molecule has 0 saturated carbocycles. The van der Waals surface area contributed by atoms with Gasteiger partial charge in [0.05, 0.1) is 6.54 Å². The average Bonchev–Trinajstić information content (AvgIpc) is 2.69. The van der Waals surface area contributed by atoms with Gasteiger partial charge in [-0.25, -0.2) is 4.98 Å². The third-order valence-corrected chi connectivity index (χ3v) is 3.39. The zero-order chi connectivity index (χ0) is 13.4. The molecule has 0 aliphatic carbocycles. The molecule has 5 heteroatoms. The van der Waals surface area contributed by atoms with Gasteiger partial charge in [0.25, 0.3) is 0 Å². The van der Waals surface area contributed by atoms with E-state index in [0.717, 1.165) is 33.9 Å². The molecule has 0 spiro atoms. The van der Waals surface area contributed by atoms with Crippen molar-refractivity contribution in [2.24, 2.45) is 0 Å². The van der Waals surface area contributed by atoms with Crippen molar-refractivity contribution in [3.63, 3.8) is 0 Å². The number of rotatable bonds is 2. The van der Waals surface area contributed by atoms with Crippen LogP contribution in [0.25, 0.3) is 5.70 Å². The Morgan fingerprint density at radius 2 is 2.26 bits per heavy atom. The van der Waals surface area contributed by atoms with E-state index in [1.54, 1.807) is 0 Å². The molecule has 1 aromatic carbocycles. The minimum Gasteiger partial charge on any atom is -0.439 e. The van der Waals surface area contributed by atoms with Crippen LogP contribution in [0.4, 0.5) is 5.69 Å². The van der Waals surface area contributed by atoms with E-state index in [2.05, 4.69) is 31.1 Å². The molecule has 1 N–H and O–H groups in total. The fourth-order valence-corrected chi connectivity index (χ4v) is 2.56. The van der Waals surface area contributed by atoms with Crippen molar-refractivity contribution in [3.05, 3.63) is 52.3 Å². The molecule has 2 heterocycles. The van der Waals surface area contributed by atoms with Gasteiger partial charge in [-0.3, -0.25) is 0 Å². The van der Waals surface area contributed by atoms with Crippen LogP contribution in [0, 0.1) is 6.92 Å². The van der Waals surface area contributed by atoms with Crippen LogP contribution in [0.3, 0.4) is 0 Å². The molecule has 1 aromatic heterocycles. The van der Waals surface area contributed by atoms with E-state index in [-0.39, 0.29) is 0 Å². The fraction of sp³-hybridized carbons (Fsp3) is 0.214. The van der Waals surface area contributed by atoms with E-state index in [0.29, 0.717) is 5.89 Å². The Kier molecular flexibility index (Phi) is 3.06. The molecule has 0 unspecified atom stereocenters. The van der Waals surface area contributed by atoms with Crippen LogP contribution in [-0.2, 0) is 6.54 Å². The Balaban J connectivity index is 1.95. The van der Waals surface area contributed by atoms with Crippen LogP contribution < -0.4 is 5.32 Å².